The van der Waals surface area contributed by atoms with Crippen LogP contribution in [0.2, 0.25) is 0 Å². The Bertz CT molecular complexity index is 557. The van der Waals surface area contributed by atoms with Crippen LogP contribution in [-0.4, -0.2) is 11.3 Å². The summed E-state index contributed by atoms with van der Waals surface area (Å²) in [4.78, 5) is 0. The normalized spacial score (nSPS) is 14.8. The molecule has 0 heterocycles. The Hall–Kier alpha value is -1.81. The topological polar surface area (TPSA) is 20.2 Å². The monoisotopic (exact) mass is 280 g/mol. The molecule has 2 rings (SSSR count). The van der Waals surface area contributed by atoms with E-state index in [-0.39, 0.29) is 5.56 Å². The van der Waals surface area contributed by atoms with Crippen molar-refractivity contribution in [1.82, 2.24) is 0 Å². The highest BCUT2D eigenvalue weighted by atomic mass is 19.4. The van der Waals surface area contributed by atoms with E-state index in [0.717, 1.165) is 11.1 Å². The van der Waals surface area contributed by atoms with Gasteiger partial charge in [-0.15, -0.1) is 0 Å². The molecule has 0 aromatic heterocycles. The van der Waals surface area contributed by atoms with Crippen LogP contribution in [0.15, 0.2) is 54.6 Å². The summed E-state index contributed by atoms with van der Waals surface area (Å²) in [6.07, 6.45) is -5.66. The molecule has 2 aromatic carbocycles. The molecule has 0 spiro atoms. The predicted molar refractivity (Wildman–Crippen MR) is 72.1 cm³/mol. The molecule has 0 bridgehead atoms. The van der Waals surface area contributed by atoms with Gasteiger partial charge in [0.25, 0.3) is 0 Å². The van der Waals surface area contributed by atoms with Gasteiger partial charge in [0.05, 0.1) is 12.0 Å². The molecule has 1 nitrogen and oxygen atoms in total. The third-order valence-electron chi connectivity index (χ3n) is 3.16. The molecule has 0 aliphatic rings. The number of alkyl halides is 3. The van der Waals surface area contributed by atoms with Gasteiger partial charge in [0, 0.05) is 0 Å². The minimum atomic E-state index is -4.40. The van der Waals surface area contributed by atoms with Crippen LogP contribution in [0.1, 0.15) is 18.9 Å². The zero-order chi connectivity index (χ0) is 14.8. The van der Waals surface area contributed by atoms with Crippen LogP contribution in [0.4, 0.5) is 13.2 Å². The Morgan fingerprint density at radius 1 is 0.850 bits per heavy atom. The summed E-state index contributed by atoms with van der Waals surface area (Å²) in [5, 5.41) is 9.96. The van der Waals surface area contributed by atoms with E-state index in [1.807, 2.05) is 30.3 Å². The van der Waals surface area contributed by atoms with Crippen molar-refractivity contribution in [2.75, 3.05) is 0 Å². The number of rotatable bonds is 3. The standard InChI is InChI=1S/C16H15F3O/c1-15(20,11-16(17,18)19)14-9-7-13(8-10-14)12-5-3-2-4-6-12/h2-10,20H,11H2,1H3. The molecule has 106 valence electrons. The van der Waals surface area contributed by atoms with Gasteiger partial charge in [-0.2, -0.15) is 13.2 Å². The number of halogens is 3. The minimum Gasteiger partial charge on any atom is -0.385 e. The molecule has 0 saturated heterocycles. The molecular formula is C16H15F3O. The van der Waals surface area contributed by atoms with Gasteiger partial charge in [-0.1, -0.05) is 54.6 Å². The average molecular weight is 280 g/mol. The van der Waals surface area contributed by atoms with Crippen molar-refractivity contribution < 1.29 is 18.3 Å². The Labute approximate surface area is 115 Å². The minimum absolute atomic E-state index is 0.259. The van der Waals surface area contributed by atoms with Crippen molar-refractivity contribution in [1.29, 1.82) is 0 Å². The second-order valence-corrected chi connectivity index (χ2v) is 5.01. The van der Waals surface area contributed by atoms with Crippen molar-refractivity contribution >= 4 is 0 Å². The van der Waals surface area contributed by atoms with Crippen LogP contribution in [0.25, 0.3) is 11.1 Å². The number of hydrogen-bond acceptors (Lipinski definition) is 1. The summed E-state index contributed by atoms with van der Waals surface area (Å²) < 4.78 is 37.3. The van der Waals surface area contributed by atoms with E-state index in [2.05, 4.69) is 0 Å². The smallest absolute Gasteiger partial charge is 0.385 e. The maximum absolute atomic E-state index is 12.4. The van der Waals surface area contributed by atoms with Gasteiger partial charge in [0.1, 0.15) is 0 Å². The number of hydrogen-bond donors (Lipinski definition) is 1. The Kier molecular flexibility index (Phi) is 3.86. The van der Waals surface area contributed by atoms with E-state index in [1.54, 1.807) is 12.1 Å². The molecule has 0 saturated carbocycles. The molecule has 1 N–H and O–H groups in total. The van der Waals surface area contributed by atoms with Gasteiger partial charge < -0.3 is 5.11 Å². The highest BCUT2D eigenvalue weighted by Gasteiger charge is 2.39. The third-order valence-corrected chi connectivity index (χ3v) is 3.16. The molecule has 0 aliphatic carbocycles. The molecule has 2 aromatic rings. The van der Waals surface area contributed by atoms with E-state index in [9.17, 15) is 18.3 Å². The van der Waals surface area contributed by atoms with Gasteiger partial charge >= 0.3 is 6.18 Å². The lowest BCUT2D eigenvalue weighted by molar-refractivity contribution is -0.174. The van der Waals surface area contributed by atoms with Crippen LogP contribution in [0.3, 0.4) is 0 Å². The second kappa shape index (κ2) is 5.29. The zero-order valence-corrected chi connectivity index (χ0v) is 11.0. The Morgan fingerprint density at radius 2 is 1.35 bits per heavy atom. The quantitative estimate of drug-likeness (QED) is 0.876. The van der Waals surface area contributed by atoms with E-state index in [0.29, 0.717) is 0 Å². The largest absolute Gasteiger partial charge is 0.392 e. The van der Waals surface area contributed by atoms with Crippen LogP contribution in [0.5, 0.6) is 0 Å². The molecule has 4 heteroatoms. The lowest BCUT2D eigenvalue weighted by Crippen LogP contribution is -2.28. The average Bonchev–Trinajstić information content (AvgIpc) is 2.37. The van der Waals surface area contributed by atoms with Crippen molar-refractivity contribution in [3.05, 3.63) is 60.2 Å². The zero-order valence-electron chi connectivity index (χ0n) is 11.0. The van der Waals surface area contributed by atoms with Gasteiger partial charge in [-0.25, -0.2) is 0 Å². The first-order chi connectivity index (χ1) is 9.28. The first-order valence-corrected chi connectivity index (χ1v) is 6.23. The van der Waals surface area contributed by atoms with Gasteiger partial charge in [-0.3, -0.25) is 0 Å². The molecular weight excluding hydrogens is 265 g/mol. The first-order valence-electron chi connectivity index (χ1n) is 6.23. The van der Waals surface area contributed by atoms with E-state index >= 15 is 0 Å². The summed E-state index contributed by atoms with van der Waals surface area (Å²) in [6, 6.07) is 16.0. The van der Waals surface area contributed by atoms with Gasteiger partial charge in [-0.05, 0) is 23.6 Å². The summed E-state index contributed by atoms with van der Waals surface area (Å²) in [5.41, 5.74) is 0.231. The fourth-order valence-electron chi connectivity index (χ4n) is 2.14. The lowest BCUT2D eigenvalue weighted by atomic mass is 9.91. The molecule has 0 amide bonds. The van der Waals surface area contributed by atoms with Gasteiger partial charge in [0.2, 0.25) is 0 Å². The lowest BCUT2D eigenvalue weighted by Gasteiger charge is -2.25. The van der Waals surface area contributed by atoms with Crippen LogP contribution >= 0.6 is 0 Å². The van der Waals surface area contributed by atoms with Crippen LogP contribution in [0, 0.1) is 0 Å². The van der Waals surface area contributed by atoms with Crippen LogP contribution in [-0.2, 0) is 5.60 Å². The fraction of sp³-hybridized carbons (Fsp3) is 0.250. The fourth-order valence-corrected chi connectivity index (χ4v) is 2.14. The van der Waals surface area contributed by atoms with Crippen molar-refractivity contribution in [3.63, 3.8) is 0 Å². The number of aliphatic hydroxyl groups is 1. The summed E-state index contributed by atoms with van der Waals surface area (Å²) in [6.45, 7) is 1.18. The highest BCUT2D eigenvalue weighted by molar-refractivity contribution is 5.63. The molecule has 0 aliphatic heterocycles. The maximum Gasteiger partial charge on any atom is 0.392 e. The van der Waals surface area contributed by atoms with Crippen molar-refractivity contribution in [3.8, 4) is 11.1 Å². The molecule has 20 heavy (non-hydrogen) atoms. The van der Waals surface area contributed by atoms with E-state index < -0.39 is 18.2 Å². The summed E-state index contributed by atoms with van der Waals surface area (Å²) in [7, 11) is 0. The third kappa shape index (κ3) is 3.61. The van der Waals surface area contributed by atoms with E-state index in [1.165, 1.54) is 19.1 Å². The maximum atomic E-state index is 12.4. The van der Waals surface area contributed by atoms with Gasteiger partial charge in [0.15, 0.2) is 0 Å². The van der Waals surface area contributed by atoms with Crippen LogP contribution < -0.4 is 0 Å². The number of benzene rings is 2. The highest BCUT2D eigenvalue weighted by Crippen LogP contribution is 2.35. The Morgan fingerprint density at radius 3 is 1.85 bits per heavy atom. The van der Waals surface area contributed by atoms with Crippen molar-refractivity contribution in [2.45, 2.75) is 25.1 Å². The summed E-state index contributed by atoms with van der Waals surface area (Å²) in [5.74, 6) is 0. The predicted octanol–water partition coefficient (Wildman–Crippen LogP) is 4.51. The van der Waals surface area contributed by atoms with E-state index in [4.69, 9.17) is 0 Å². The first kappa shape index (κ1) is 14.6. The second-order valence-electron chi connectivity index (χ2n) is 5.01. The molecule has 1 atom stereocenters. The Balaban J connectivity index is 2.24. The molecule has 0 radical (unpaired) electrons. The molecule has 0 fully saturated rings. The van der Waals surface area contributed by atoms with Crippen molar-refractivity contribution in [2.24, 2.45) is 0 Å². The molecule has 1 unspecified atom stereocenters. The summed E-state index contributed by atoms with van der Waals surface area (Å²) >= 11 is 0. The SMILES string of the molecule is CC(O)(CC(F)(F)F)c1ccc(-c2ccccc2)cc1.